The third-order valence-corrected chi connectivity index (χ3v) is 3.34. The minimum absolute atomic E-state index is 0.338. The molecule has 1 aliphatic heterocycles. The van der Waals surface area contributed by atoms with Crippen molar-refractivity contribution in [2.75, 3.05) is 20.1 Å². The van der Waals surface area contributed by atoms with Crippen molar-refractivity contribution in [2.24, 2.45) is 5.92 Å². The van der Waals surface area contributed by atoms with Gasteiger partial charge in [0, 0.05) is 13.1 Å². The van der Waals surface area contributed by atoms with E-state index in [1.807, 2.05) is 0 Å². The van der Waals surface area contributed by atoms with Crippen LogP contribution in [-0.4, -0.2) is 49.3 Å². The molecule has 20 heavy (non-hydrogen) atoms. The van der Waals surface area contributed by atoms with E-state index < -0.39 is 30.2 Å². The normalized spacial score (nSPS) is 21.7. The summed E-state index contributed by atoms with van der Waals surface area (Å²) in [6.07, 6.45) is -9.94. The molecule has 0 aromatic rings. The minimum Gasteiger partial charge on any atom is -0.342 e. The lowest BCUT2D eigenvalue weighted by molar-refractivity contribution is -0.277. The standard InChI is InChI=1S/C11H16F6N2O/c1-19(7-3-2-5-18-6-4-7)9(20)8(10(12,13)14)11(15,16)17/h7-8,18H,2-6H2,1H3. The number of rotatable bonds is 2. The molecular formula is C11H16F6N2O. The second-order valence-corrected chi connectivity index (χ2v) is 4.80. The Morgan fingerprint density at radius 1 is 1.10 bits per heavy atom. The lowest BCUT2D eigenvalue weighted by Crippen LogP contribution is -2.51. The molecule has 3 nitrogen and oxygen atoms in total. The first kappa shape index (κ1) is 17.1. The number of nitrogens with zero attached hydrogens (tertiary/aromatic N) is 1. The van der Waals surface area contributed by atoms with Crippen LogP contribution in [-0.2, 0) is 4.79 Å². The molecule has 1 atom stereocenters. The van der Waals surface area contributed by atoms with Crippen LogP contribution >= 0.6 is 0 Å². The second kappa shape index (κ2) is 6.19. The van der Waals surface area contributed by atoms with Crippen molar-refractivity contribution >= 4 is 5.91 Å². The summed E-state index contributed by atoms with van der Waals surface area (Å²) in [4.78, 5) is 12.2. The third kappa shape index (κ3) is 4.26. The zero-order valence-corrected chi connectivity index (χ0v) is 10.8. The Morgan fingerprint density at radius 2 is 1.65 bits per heavy atom. The van der Waals surface area contributed by atoms with Crippen molar-refractivity contribution in [1.29, 1.82) is 0 Å². The van der Waals surface area contributed by atoms with Crippen LogP contribution in [0.4, 0.5) is 26.3 Å². The molecule has 118 valence electrons. The van der Waals surface area contributed by atoms with Gasteiger partial charge in [0.1, 0.15) is 0 Å². The summed E-state index contributed by atoms with van der Waals surface area (Å²) in [7, 11) is 1.00. The molecule has 1 amide bonds. The molecule has 0 radical (unpaired) electrons. The molecule has 0 aliphatic carbocycles. The summed E-state index contributed by atoms with van der Waals surface area (Å²) in [6.45, 7) is 1.10. The Bertz CT molecular complexity index is 319. The van der Waals surface area contributed by atoms with Gasteiger partial charge in [0.15, 0.2) is 0 Å². The van der Waals surface area contributed by atoms with Gasteiger partial charge in [-0.3, -0.25) is 4.79 Å². The van der Waals surface area contributed by atoms with Crippen LogP contribution in [0.5, 0.6) is 0 Å². The van der Waals surface area contributed by atoms with Crippen LogP contribution in [0.2, 0.25) is 0 Å². The summed E-state index contributed by atoms with van der Waals surface area (Å²) in [5.41, 5.74) is 0. The molecule has 1 aliphatic rings. The molecular weight excluding hydrogens is 290 g/mol. The molecule has 0 spiro atoms. The van der Waals surface area contributed by atoms with Crippen LogP contribution < -0.4 is 5.32 Å². The van der Waals surface area contributed by atoms with Crippen molar-refractivity contribution < 1.29 is 31.1 Å². The number of alkyl halides is 6. The zero-order chi connectivity index (χ0) is 15.6. The van der Waals surface area contributed by atoms with Gasteiger partial charge in [0.2, 0.25) is 11.8 Å². The highest BCUT2D eigenvalue weighted by Crippen LogP contribution is 2.40. The number of halogens is 6. The quantitative estimate of drug-likeness (QED) is 0.794. The van der Waals surface area contributed by atoms with Crippen LogP contribution in [0.3, 0.4) is 0 Å². The number of nitrogens with one attached hydrogen (secondary N) is 1. The van der Waals surface area contributed by atoms with E-state index in [1.165, 1.54) is 0 Å². The number of hydrogen-bond donors (Lipinski definition) is 1. The minimum atomic E-state index is -5.63. The highest BCUT2D eigenvalue weighted by Gasteiger charge is 2.62. The van der Waals surface area contributed by atoms with Gasteiger partial charge >= 0.3 is 12.4 Å². The fourth-order valence-electron chi connectivity index (χ4n) is 2.24. The summed E-state index contributed by atoms with van der Waals surface area (Å²) < 4.78 is 75.0. The Balaban J connectivity index is 2.88. The Hall–Kier alpha value is -0.990. The average molecular weight is 306 g/mol. The van der Waals surface area contributed by atoms with Gasteiger partial charge in [-0.05, 0) is 32.4 Å². The van der Waals surface area contributed by atoms with Crippen molar-refractivity contribution in [3.05, 3.63) is 0 Å². The first-order valence-electron chi connectivity index (χ1n) is 6.16. The van der Waals surface area contributed by atoms with E-state index in [-0.39, 0.29) is 0 Å². The molecule has 1 rings (SSSR count). The highest BCUT2D eigenvalue weighted by molar-refractivity contribution is 5.80. The molecule has 0 aromatic carbocycles. The number of amides is 1. The first-order valence-corrected chi connectivity index (χ1v) is 6.16. The lowest BCUT2D eigenvalue weighted by Gasteiger charge is -2.32. The van der Waals surface area contributed by atoms with E-state index in [0.717, 1.165) is 7.05 Å². The van der Waals surface area contributed by atoms with E-state index >= 15 is 0 Å². The van der Waals surface area contributed by atoms with E-state index in [2.05, 4.69) is 5.32 Å². The van der Waals surface area contributed by atoms with Gasteiger partial charge in [-0.2, -0.15) is 26.3 Å². The topological polar surface area (TPSA) is 32.3 Å². The Kier molecular flexibility index (Phi) is 5.28. The number of carbonyl (C=O) groups excluding carboxylic acids is 1. The molecule has 1 fully saturated rings. The smallest absolute Gasteiger partial charge is 0.342 e. The fraction of sp³-hybridized carbons (Fsp3) is 0.909. The summed E-state index contributed by atoms with van der Waals surface area (Å²) in [5.74, 6) is -5.88. The SMILES string of the molecule is CN(C(=O)C(C(F)(F)F)C(F)(F)F)C1CCCNCC1. The summed E-state index contributed by atoms with van der Waals surface area (Å²) in [6, 6.07) is -0.607. The molecule has 0 saturated carbocycles. The maximum absolute atomic E-state index is 12.5. The van der Waals surface area contributed by atoms with E-state index in [4.69, 9.17) is 0 Å². The second-order valence-electron chi connectivity index (χ2n) is 4.80. The molecule has 9 heteroatoms. The highest BCUT2D eigenvalue weighted by atomic mass is 19.4. The predicted octanol–water partition coefficient (Wildman–Crippen LogP) is 2.33. The molecule has 0 aromatic heterocycles. The van der Waals surface area contributed by atoms with Gasteiger partial charge < -0.3 is 10.2 Å². The van der Waals surface area contributed by atoms with Crippen molar-refractivity contribution in [3.63, 3.8) is 0 Å². The van der Waals surface area contributed by atoms with E-state index in [9.17, 15) is 31.1 Å². The van der Waals surface area contributed by atoms with Crippen LogP contribution in [0, 0.1) is 5.92 Å². The third-order valence-electron chi connectivity index (χ3n) is 3.34. The monoisotopic (exact) mass is 306 g/mol. The molecule has 1 saturated heterocycles. The summed E-state index contributed by atoms with van der Waals surface area (Å²) in [5, 5.41) is 2.98. The maximum Gasteiger partial charge on any atom is 0.409 e. The maximum atomic E-state index is 12.5. The van der Waals surface area contributed by atoms with Gasteiger partial charge in [0.05, 0.1) is 0 Å². The first-order chi connectivity index (χ1) is 9.05. The van der Waals surface area contributed by atoms with E-state index in [0.29, 0.717) is 37.3 Å². The Labute approximate surface area is 112 Å². The number of carbonyl (C=O) groups is 1. The average Bonchev–Trinajstić information content (AvgIpc) is 2.52. The van der Waals surface area contributed by atoms with Crippen LogP contribution in [0.15, 0.2) is 0 Å². The number of hydrogen-bond acceptors (Lipinski definition) is 2. The largest absolute Gasteiger partial charge is 0.409 e. The van der Waals surface area contributed by atoms with Crippen LogP contribution in [0.1, 0.15) is 19.3 Å². The molecule has 1 N–H and O–H groups in total. The van der Waals surface area contributed by atoms with Gasteiger partial charge in [-0.1, -0.05) is 0 Å². The molecule has 1 heterocycles. The van der Waals surface area contributed by atoms with Gasteiger partial charge in [-0.15, -0.1) is 0 Å². The zero-order valence-electron chi connectivity index (χ0n) is 10.8. The fourth-order valence-corrected chi connectivity index (χ4v) is 2.24. The van der Waals surface area contributed by atoms with Crippen molar-refractivity contribution in [3.8, 4) is 0 Å². The lowest BCUT2D eigenvalue weighted by atomic mass is 10.0. The molecule has 1 unspecified atom stereocenters. The van der Waals surface area contributed by atoms with Gasteiger partial charge in [-0.25, -0.2) is 0 Å². The predicted molar refractivity (Wildman–Crippen MR) is 58.9 cm³/mol. The van der Waals surface area contributed by atoms with Crippen molar-refractivity contribution in [2.45, 2.75) is 37.7 Å². The summed E-state index contributed by atoms with van der Waals surface area (Å²) >= 11 is 0. The van der Waals surface area contributed by atoms with E-state index in [1.54, 1.807) is 0 Å². The molecule has 0 bridgehead atoms. The van der Waals surface area contributed by atoms with Crippen molar-refractivity contribution in [1.82, 2.24) is 10.2 Å². The van der Waals surface area contributed by atoms with Crippen LogP contribution in [0.25, 0.3) is 0 Å². The van der Waals surface area contributed by atoms with Gasteiger partial charge in [0.25, 0.3) is 0 Å². The Morgan fingerprint density at radius 3 is 2.15 bits per heavy atom.